The second-order valence-corrected chi connectivity index (χ2v) is 5.45. The average Bonchev–Trinajstić information content (AvgIpc) is 3.26. The molecule has 4 rings (SSSR count). The van der Waals surface area contributed by atoms with E-state index in [0.717, 1.165) is 11.0 Å². The summed E-state index contributed by atoms with van der Waals surface area (Å²) in [7, 11) is 0. The largest absolute Gasteiger partial charge is 0.456 e. The summed E-state index contributed by atoms with van der Waals surface area (Å²) in [5.74, 6) is 1.76. The van der Waals surface area contributed by atoms with Crippen LogP contribution in [0.15, 0.2) is 65.1 Å². The minimum absolute atomic E-state index is 0.0182. The van der Waals surface area contributed by atoms with Crippen molar-refractivity contribution < 1.29 is 9.34 Å². The molecule has 2 heterocycles. The molecule has 2 aromatic carbocycles. The Balaban J connectivity index is 1.62. The highest BCUT2D eigenvalue weighted by Crippen LogP contribution is 2.31. The fraction of sp³-hybridized carbons (Fsp3) is 0. The summed E-state index contributed by atoms with van der Waals surface area (Å²) in [6, 6.07) is 17.8. The molecular weight excluding hydrogens is 318 g/mol. The van der Waals surface area contributed by atoms with Gasteiger partial charge in [-0.3, -0.25) is 10.1 Å². The summed E-state index contributed by atoms with van der Waals surface area (Å²) < 4.78 is 5.72. The molecule has 122 valence electrons. The standard InChI is InChI=1S/C19H13N3O3/c23-22(24)17-8-4-1-5-14(17)18-11-9-13(25-18)10-12-19-20-15-6-2-3-7-16(15)21-19/h1-12H,(H,20,21)/b12-10+. The molecular formula is C19H13N3O3. The zero-order chi connectivity index (χ0) is 17.2. The first-order valence-corrected chi connectivity index (χ1v) is 7.67. The highest BCUT2D eigenvalue weighted by Gasteiger charge is 2.16. The molecule has 6 heteroatoms. The number of imidazole rings is 1. The summed E-state index contributed by atoms with van der Waals surface area (Å²) in [5, 5.41) is 11.1. The number of nitrogens with zero attached hydrogens (tertiary/aromatic N) is 2. The van der Waals surface area contributed by atoms with Gasteiger partial charge in [-0.05, 0) is 42.5 Å². The molecule has 0 spiro atoms. The number of nitro benzene ring substituents is 1. The number of hydrogen-bond donors (Lipinski definition) is 1. The van der Waals surface area contributed by atoms with Gasteiger partial charge in [0.05, 0.1) is 21.5 Å². The van der Waals surface area contributed by atoms with Gasteiger partial charge in [0.15, 0.2) is 0 Å². The SMILES string of the molecule is O=[N+]([O-])c1ccccc1-c1ccc(/C=C/c2nc3ccccc3[nH]2)o1. The monoisotopic (exact) mass is 331 g/mol. The van der Waals surface area contributed by atoms with Gasteiger partial charge in [-0.2, -0.15) is 0 Å². The molecule has 25 heavy (non-hydrogen) atoms. The molecule has 0 radical (unpaired) electrons. The molecule has 4 aromatic rings. The van der Waals surface area contributed by atoms with Crippen molar-refractivity contribution >= 4 is 28.9 Å². The van der Waals surface area contributed by atoms with Crippen LogP contribution in [-0.4, -0.2) is 14.9 Å². The van der Waals surface area contributed by atoms with Crippen molar-refractivity contribution in [3.63, 3.8) is 0 Å². The Morgan fingerprint density at radius 1 is 1.00 bits per heavy atom. The number of rotatable bonds is 4. The first-order chi connectivity index (χ1) is 12.2. The van der Waals surface area contributed by atoms with Crippen molar-refractivity contribution in [1.29, 1.82) is 0 Å². The van der Waals surface area contributed by atoms with Crippen molar-refractivity contribution in [2.24, 2.45) is 0 Å². The highest BCUT2D eigenvalue weighted by molar-refractivity contribution is 5.78. The van der Waals surface area contributed by atoms with E-state index in [-0.39, 0.29) is 5.69 Å². The maximum atomic E-state index is 11.1. The van der Waals surface area contributed by atoms with Gasteiger partial charge in [0, 0.05) is 6.07 Å². The van der Waals surface area contributed by atoms with Crippen molar-refractivity contribution in [3.8, 4) is 11.3 Å². The van der Waals surface area contributed by atoms with Crippen LogP contribution in [0, 0.1) is 10.1 Å². The zero-order valence-corrected chi connectivity index (χ0v) is 13.0. The quantitative estimate of drug-likeness (QED) is 0.425. The van der Waals surface area contributed by atoms with Crippen molar-refractivity contribution in [2.45, 2.75) is 0 Å². The van der Waals surface area contributed by atoms with E-state index in [0.29, 0.717) is 22.9 Å². The van der Waals surface area contributed by atoms with Gasteiger partial charge >= 0.3 is 0 Å². The fourth-order valence-electron chi connectivity index (χ4n) is 2.64. The van der Waals surface area contributed by atoms with E-state index >= 15 is 0 Å². The number of H-pyrrole nitrogens is 1. The van der Waals surface area contributed by atoms with Crippen LogP contribution >= 0.6 is 0 Å². The van der Waals surface area contributed by atoms with Gasteiger partial charge in [-0.1, -0.05) is 24.3 Å². The van der Waals surface area contributed by atoms with E-state index in [9.17, 15) is 10.1 Å². The van der Waals surface area contributed by atoms with E-state index in [2.05, 4.69) is 9.97 Å². The lowest BCUT2D eigenvalue weighted by atomic mass is 10.1. The molecule has 0 aliphatic carbocycles. The van der Waals surface area contributed by atoms with Crippen molar-refractivity contribution in [2.75, 3.05) is 0 Å². The number of nitro groups is 1. The number of aromatic nitrogens is 2. The van der Waals surface area contributed by atoms with Crippen LogP contribution in [-0.2, 0) is 0 Å². The summed E-state index contributed by atoms with van der Waals surface area (Å²) in [4.78, 5) is 18.4. The number of aromatic amines is 1. The summed E-state index contributed by atoms with van der Waals surface area (Å²) in [6.45, 7) is 0. The lowest BCUT2D eigenvalue weighted by molar-refractivity contribution is -0.384. The van der Waals surface area contributed by atoms with Gasteiger partial charge in [-0.15, -0.1) is 0 Å². The number of para-hydroxylation sites is 3. The smallest absolute Gasteiger partial charge is 0.280 e. The molecule has 0 bridgehead atoms. The maximum Gasteiger partial charge on any atom is 0.280 e. The number of nitrogens with one attached hydrogen (secondary N) is 1. The fourth-order valence-corrected chi connectivity index (χ4v) is 2.64. The van der Waals surface area contributed by atoms with Crippen molar-refractivity contribution in [1.82, 2.24) is 9.97 Å². The van der Waals surface area contributed by atoms with E-state index in [1.54, 1.807) is 36.4 Å². The second-order valence-electron chi connectivity index (χ2n) is 5.45. The molecule has 0 amide bonds. The van der Waals surface area contributed by atoms with Gasteiger partial charge in [0.2, 0.25) is 0 Å². The molecule has 0 fully saturated rings. The van der Waals surface area contributed by atoms with E-state index in [1.165, 1.54) is 6.07 Å². The Bertz CT molecular complexity index is 1060. The van der Waals surface area contributed by atoms with Crippen LogP contribution in [0.2, 0.25) is 0 Å². The third kappa shape index (κ3) is 2.92. The van der Waals surface area contributed by atoms with Crippen LogP contribution in [0.25, 0.3) is 34.5 Å². The summed E-state index contributed by atoms with van der Waals surface area (Å²) in [6.07, 6.45) is 3.58. The number of fused-ring (bicyclic) bond motifs is 1. The van der Waals surface area contributed by atoms with Crippen molar-refractivity contribution in [3.05, 3.63) is 82.4 Å². The molecule has 0 saturated heterocycles. The first-order valence-electron chi connectivity index (χ1n) is 7.67. The van der Waals surface area contributed by atoms with Crippen LogP contribution < -0.4 is 0 Å². The molecule has 0 saturated carbocycles. The van der Waals surface area contributed by atoms with Gasteiger partial charge < -0.3 is 9.40 Å². The van der Waals surface area contributed by atoms with E-state index in [1.807, 2.05) is 30.3 Å². The number of hydrogen-bond acceptors (Lipinski definition) is 4. The van der Waals surface area contributed by atoms with Gasteiger partial charge in [-0.25, -0.2) is 4.98 Å². The molecule has 0 unspecified atom stereocenters. The number of benzene rings is 2. The van der Waals surface area contributed by atoms with E-state index in [4.69, 9.17) is 4.42 Å². The molecule has 0 aliphatic rings. The molecule has 0 aliphatic heterocycles. The van der Waals surface area contributed by atoms with E-state index < -0.39 is 4.92 Å². The third-order valence-corrected chi connectivity index (χ3v) is 3.81. The Hall–Kier alpha value is -3.67. The van der Waals surface area contributed by atoms with Gasteiger partial charge in [0.25, 0.3) is 5.69 Å². The summed E-state index contributed by atoms with van der Waals surface area (Å²) >= 11 is 0. The predicted molar refractivity (Wildman–Crippen MR) is 95.8 cm³/mol. The normalized spacial score (nSPS) is 11.4. The third-order valence-electron chi connectivity index (χ3n) is 3.81. The predicted octanol–water partition coefficient (Wildman–Crippen LogP) is 4.90. The molecule has 0 atom stereocenters. The molecule has 1 N–H and O–H groups in total. The number of furan rings is 1. The maximum absolute atomic E-state index is 11.1. The Labute approximate surface area is 142 Å². The lowest BCUT2D eigenvalue weighted by Crippen LogP contribution is -1.90. The summed E-state index contributed by atoms with van der Waals surface area (Å²) in [5.41, 5.74) is 2.32. The Morgan fingerprint density at radius 2 is 1.80 bits per heavy atom. The zero-order valence-electron chi connectivity index (χ0n) is 13.0. The second kappa shape index (κ2) is 6.09. The lowest BCUT2D eigenvalue weighted by Gasteiger charge is -1.98. The minimum atomic E-state index is -0.415. The topological polar surface area (TPSA) is 85.0 Å². The first kappa shape index (κ1) is 14.9. The highest BCUT2D eigenvalue weighted by atomic mass is 16.6. The molecule has 2 aromatic heterocycles. The Kier molecular flexibility index (Phi) is 3.63. The molecule has 6 nitrogen and oxygen atoms in total. The van der Waals surface area contributed by atoms with Crippen LogP contribution in [0.4, 0.5) is 5.69 Å². The average molecular weight is 331 g/mol. The van der Waals surface area contributed by atoms with Gasteiger partial charge in [0.1, 0.15) is 17.3 Å². The minimum Gasteiger partial charge on any atom is -0.456 e. The van der Waals surface area contributed by atoms with Crippen LogP contribution in [0.1, 0.15) is 11.6 Å². The van der Waals surface area contributed by atoms with Crippen LogP contribution in [0.3, 0.4) is 0 Å². The van der Waals surface area contributed by atoms with Crippen LogP contribution in [0.5, 0.6) is 0 Å². The Morgan fingerprint density at radius 3 is 2.64 bits per heavy atom.